The molecule has 2 fully saturated rings. The van der Waals surface area contributed by atoms with Gasteiger partial charge in [-0.2, -0.15) is 0 Å². The minimum atomic E-state index is -0.660. The monoisotopic (exact) mass is 389 g/mol. The second kappa shape index (κ2) is 6.24. The Hall–Kier alpha value is -3.02. The van der Waals surface area contributed by atoms with Crippen molar-refractivity contribution in [2.45, 2.75) is 45.3 Å². The van der Waals surface area contributed by atoms with E-state index >= 15 is 0 Å². The summed E-state index contributed by atoms with van der Waals surface area (Å²) in [5, 5.41) is 0.971. The van der Waals surface area contributed by atoms with Gasteiger partial charge < -0.3 is 4.90 Å². The standard InChI is InChI=1S/C23H23N3O3/c1-4-12(2)25-22(28)17-16-10-9-15-8-7-14-6-5-11-24-19(14)21(15)26(16)20(13(3)27)18(17)23(25)29/h5-12,16-18,20H,4H2,1-3H3/t12-,16+,17+,18+,20-/m0/s1. The number of aromatic nitrogens is 1. The molecule has 2 saturated heterocycles. The van der Waals surface area contributed by atoms with Crippen LogP contribution in [0.15, 0.2) is 36.5 Å². The highest BCUT2D eigenvalue weighted by atomic mass is 16.2. The summed E-state index contributed by atoms with van der Waals surface area (Å²) in [5.74, 6) is -1.65. The predicted octanol–water partition coefficient (Wildman–Crippen LogP) is 2.81. The number of amides is 2. The summed E-state index contributed by atoms with van der Waals surface area (Å²) in [6.45, 7) is 5.37. The number of hydrogen-bond acceptors (Lipinski definition) is 5. The maximum Gasteiger partial charge on any atom is 0.235 e. The molecule has 0 N–H and O–H groups in total. The molecule has 148 valence electrons. The van der Waals surface area contributed by atoms with E-state index in [9.17, 15) is 14.4 Å². The summed E-state index contributed by atoms with van der Waals surface area (Å²) in [6.07, 6.45) is 6.40. The van der Waals surface area contributed by atoms with Gasteiger partial charge in [0.2, 0.25) is 11.8 Å². The van der Waals surface area contributed by atoms with Crippen molar-refractivity contribution in [3.05, 3.63) is 42.1 Å². The predicted molar refractivity (Wildman–Crippen MR) is 110 cm³/mol. The van der Waals surface area contributed by atoms with Crippen molar-refractivity contribution in [2.24, 2.45) is 11.8 Å². The topological polar surface area (TPSA) is 70.6 Å². The molecule has 3 aliphatic heterocycles. The third-order valence-electron chi connectivity index (χ3n) is 6.72. The van der Waals surface area contributed by atoms with Crippen LogP contribution in [0.4, 0.5) is 5.69 Å². The van der Waals surface area contributed by atoms with E-state index in [0.29, 0.717) is 6.42 Å². The number of fused-ring (bicyclic) bond motifs is 7. The molecule has 0 unspecified atom stereocenters. The number of pyridine rings is 1. The molecule has 4 heterocycles. The van der Waals surface area contributed by atoms with Crippen LogP contribution in [0, 0.1) is 11.8 Å². The number of ketones is 1. The van der Waals surface area contributed by atoms with Crippen molar-refractivity contribution in [2.75, 3.05) is 4.90 Å². The molecule has 0 spiro atoms. The van der Waals surface area contributed by atoms with Gasteiger partial charge in [-0.1, -0.05) is 37.3 Å². The molecule has 5 rings (SSSR count). The van der Waals surface area contributed by atoms with Crippen LogP contribution in [0.1, 0.15) is 32.8 Å². The van der Waals surface area contributed by atoms with E-state index in [1.165, 1.54) is 11.8 Å². The minimum absolute atomic E-state index is 0.0937. The number of imide groups is 1. The Balaban J connectivity index is 1.71. The van der Waals surface area contributed by atoms with Crippen molar-refractivity contribution < 1.29 is 14.4 Å². The number of carbonyl (C=O) groups is 3. The number of nitrogens with zero attached hydrogens (tertiary/aromatic N) is 3. The van der Waals surface area contributed by atoms with E-state index < -0.39 is 17.9 Å². The van der Waals surface area contributed by atoms with Crippen LogP contribution in [-0.2, 0) is 14.4 Å². The first-order chi connectivity index (χ1) is 14.0. The SMILES string of the molecule is CC[C@H](C)N1C(=O)[C@@H]2[C@H](C1=O)[C@H]1C=Cc3ccc4cccnc4c3N1[C@H]2C(C)=O. The first-order valence-electron chi connectivity index (χ1n) is 10.2. The Morgan fingerprint density at radius 2 is 1.93 bits per heavy atom. The Morgan fingerprint density at radius 3 is 2.66 bits per heavy atom. The molecule has 3 aliphatic rings. The quantitative estimate of drug-likeness (QED) is 0.755. The molecular formula is C23H23N3O3. The normalized spacial score (nSPS) is 28.5. The van der Waals surface area contributed by atoms with E-state index in [0.717, 1.165) is 22.2 Å². The van der Waals surface area contributed by atoms with Crippen molar-refractivity contribution >= 4 is 40.3 Å². The molecule has 1 aromatic carbocycles. The maximum absolute atomic E-state index is 13.3. The summed E-state index contributed by atoms with van der Waals surface area (Å²) in [6, 6.07) is 6.73. The van der Waals surface area contributed by atoms with Gasteiger partial charge in [-0.3, -0.25) is 24.3 Å². The smallest absolute Gasteiger partial charge is 0.235 e. The largest absolute Gasteiger partial charge is 0.351 e. The fourth-order valence-corrected chi connectivity index (χ4v) is 5.28. The second-order valence-electron chi connectivity index (χ2n) is 8.25. The van der Waals surface area contributed by atoms with Gasteiger partial charge in [-0.05, 0) is 31.9 Å². The van der Waals surface area contributed by atoms with Crippen molar-refractivity contribution in [3.63, 3.8) is 0 Å². The van der Waals surface area contributed by atoms with Crippen molar-refractivity contribution in [1.29, 1.82) is 0 Å². The molecule has 0 saturated carbocycles. The molecule has 2 amide bonds. The summed E-state index contributed by atoms with van der Waals surface area (Å²) < 4.78 is 0. The zero-order chi connectivity index (χ0) is 20.4. The van der Waals surface area contributed by atoms with Gasteiger partial charge in [-0.25, -0.2) is 0 Å². The van der Waals surface area contributed by atoms with Crippen molar-refractivity contribution in [3.8, 4) is 0 Å². The number of benzene rings is 1. The molecular weight excluding hydrogens is 366 g/mol. The Kier molecular flexibility index (Phi) is 3.88. The van der Waals surface area contributed by atoms with E-state index in [4.69, 9.17) is 0 Å². The summed E-state index contributed by atoms with van der Waals surface area (Å²) in [7, 11) is 0. The van der Waals surface area contributed by atoms with Gasteiger partial charge >= 0.3 is 0 Å². The van der Waals surface area contributed by atoms with Gasteiger partial charge in [0.25, 0.3) is 0 Å². The molecule has 5 atom stereocenters. The third kappa shape index (κ3) is 2.29. The average Bonchev–Trinajstić information content (AvgIpc) is 3.20. The zero-order valence-electron chi connectivity index (χ0n) is 16.7. The van der Waals surface area contributed by atoms with Crippen LogP contribution in [0.3, 0.4) is 0 Å². The third-order valence-corrected chi connectivity index (χ3v) is 6.72. The van der Waals surface area contributed by atoms with E-state index in [1.807, 2.05) is 55.2 Å². The number of anilines is 1. The maximum atomic E-state index is 13.3. The lowest BCUT2D eigenvalue weighted by molar-refractivity contribution is -0.143. The van der Waals surface area contributed by atoms with Gasteiger partial charge in [0.15, 0.2) is 5.78 Å². The highest BCUT2D eigenvalue weighted by molar-refractivity contribution is 6.12. The first kappa shape index (κ1) is 18.0. The highest BCUT2D eigenvalue weighted by Gasteiger charge is 2.64. The van der Waals surface area contributed by atoms with Gasteiger partial charge in [0, 0.05) is 17.6 Å². The fraction of sp³-hybridized carbons (Fsp3) is 0.391. The number of likely N-dealkylation sites (tertiary alicyclic amines) is 1. The first-order valence-corrected chi connectivity index (χ1v) is 10.2. The lowest BCUT2D eigenvalue weighted by Gasteiger charge is -2.37. The lowest BCUT2D eigenvalue weighted by Crippen LogP contribution is -2.49. The molecule has 0 bridgehead atoms. The lowest BCUT2D eigenvalue weighted by atomic mass is 9.88. The van der Waals surface area contributed by atoms with Crippen LogP contribution in [-0.4, -0.2) is 45.6 Å². The van der Waals surface area contributed by atoms with E-state index in [2.05, 4.69) is 4.98 Å². The van der Waals surface area contributed by atoms with Gasteiger partial charge in [0.1, 0.15) is 6.04 Å². The van der Waals surface area contributed by atoms with Crippen LogP contribution >= 0.6 is 0 Å². The molecule has 6 nitrogen and oxygen atoms in total. The number of carbonyl (C=O) groups excluding carboxylic acids is 3. The fourth-order valence-electron chi connectivity index (χ4n) is 5.28. The summed E-state index contributed by atoms with van der Waals surface area (Å²) >= 11 is 0. The molecule has 0 radical (unpaired) electrons. The number of rotatable bonds is 3. The summed E-state index contributed by atoms with van der Waals surface area (Å²) in [4.78, 5) is 47.4. The van der Waals surface area contributed by atoms with Crippen LogP contribution in [0.25, 0.3) is 17.0 Å². The molecule has 6 heteroatoms. The van der Waals surface area contributed by atoms with Gasteiger partial charge in [-0.15, -0.1) is 0 Å². The van der Waals surface area contributed by atoms with Crippen LogP contribution in [0.2, 0.25) is 0 Å². The molecule has 0 aliphatic carbocycles. The average molecular weight is 389 g/mol. The number of hydrogen-bond donors (Lipinski definition) is 0. The van der Waals surface area contributed by atoms with E-state index in [1.54, 1.807) is 6.20 Å². The zero-order valence-corrected chi connectivity index (χ0v) is 16.7. The van der Waals surface area contributed by atoms with Crippen LogP contribution in [0.5, 0.6) is 0 Å². The molecule has 2 aromatic rings. The Morgan fingerprint density at radius 1 is 1.17 bits per heavy atom. The summed E-state index contributed by atoms with van der Waals surface area (Å²) in [5.41, 5.74) is 2.60. The Bertz CT molecular complexity index is 1090. The Labute approximate surface area is 169 Å². The molecule has 1 aromatic heterocycles. The van der Waals surface area contributed by atoms with Crippen LogP contribution < -0.4 is 4.90 Å². The molecule has 29 heavy (non-hydrogen) atoms. The second-order valence-corrected chi connectivity index (χ2v) is 8.25. The van der Waals surface area contributed by atoms with Gasteiger partial charge in [0.05, 0.1) is 29.1 Å². The minimum Gasteiger partial charge on any atom is -0.351 e. The van der Waals surface area contributed by atoms with Crippen molar-refractivity contribution in [1.82, 2.24) is 9.88 Å². The van der Waals surface area contributed by atoms with E-state index in [-0.39, 0.29) is 29.7 Å². The number of Topliss-reactive ketones (excluding diaryl/α,β-unsaturated/α-hetero) is 1. The highest BCUT2D eigenvalue weighted by Crippen LogP contribution is 2.50.